The molecule has 1 saturated heterocycles. The van der Waals surface area contributed by atoms with E-state index in [2.05, 4.69) is 5.32 Å². The van der Waals surface area contributed by atoms with E-state index in [9.17, 15) is 14.4 Å². The first-order valence-corrected chi connectivity index (χ1v) is 8.88. The molecule has 2 aliphatic heterocycles. The van der Waals surface area contributed by atoms with Crippen LogP contribution >= 0.6 is 0 Å². The molecule has 2 aromatic carbocycles. The minimum Gasteiger partial charge on any atom is -0.454 e. The summed E-state index contributed by atoms with van der Waals surface area (Å²) >= 11 is 0. The van der Waals surface area contributed by atoms with Gasteiger partial charge in [-0.05, 0) is 31.2 Å². The van der Waals surface area contributed by atoms with Crippen molar-refractivity contribution in [3.05, 3.63) is 48.0 Å². The van der Waals surface area contributed by atoms with Gasteiger partial charge in [0.05, 0.1) is 0 Å². The molecule has 0 saturated carbocycles. The Labute approximate surface area is 161 Å². The summed E-state index contributed by atoms with van der Waals surface area (Å²) in [5.74, 6) is 0.859. The van der Waals surface area contributed by atoms with Crippen LogP contribution in [0.1, 0.15) is 17.3 Å². The monoisotopic (exact) mass is 381 g/mol. The van der Waals surface area contributed by atoms with Crippen molar-refractivity contribution in [3.8, 4) is 11.5 Å². The van der Waals surface area contributed by atoms with E-state index in [1.165, 1.54) is 11.8 Å². The average Bonchev–Trinajstić information content (AvgIpc) is 3.28. The largest absolute Gasteiger partial charge is 0.454 e. The Morgan fingerprint density at radius 1 is 1.07 bits per heavy atom. The normalized spacial score (nSPS) is 15.1. The van der Waals surface area contributed by atoms with E-state index < -0.39 is 0 Å². The topological polar surface area (TPSA) is 88.2 Å². The molecule has 0 radical (unpaired) electrons. The standard InChI is InChI=1S/C20H19N3O5/c1-13(24)14-3-2-4-15(9-14)21-19(25)11-22-7-8-23(20(22)26)16-5-6-17-18(10-16)28-12-27-17/h2-6,9-10H,7-8,11-12H2,1H3,(H,21,25). The van der Waals surface area contributed by atoms with Gasteiger partial charge in [0.25, 0.3) is 0 Å². The molecule has 28 heavy (non-hydrogen) atoms. The lowest BCUT2D eigenvalue weighted by molar-refractivity contribution is -0.116. The van der Waals surface area contributed by atoms with Gasteiger partial charge in [0, 0.05) is 36.1 Å². The number of benzene rings is 2. The number of ether oxygens (including phenoxy) is 2. The number of nitrogens with one attached hydrogen (secondary N) is 1. The molecule has 1 N–H and O–H groups in total. The fourth-order valence-electron chi connectivity index (χ4n) is 3.21. The zero-order chi connectivity index (χ0) is 19.7. The summed E-state index contributed by atoms with van der Waals surface area (Å²) in [6, 6.07) is 11.8. The molecule has 0 aromatic heterocycles. The van der Waals surface area contributed by atoms with Crippen molar-refractivity contribution in [2.24, 2.45) is 0 Å². The second-order valence-corrected chi connectivity index (χ2v) is 6.58. The summed E-state index contributed by atoms with van der Waals surface area (Å²) in [5.41, 5.74) is 1.74. The van der Waals surface area contributed by atoms with Crippen LogP contribution in [0.3, 0.4) is 0 Å². The fraction of sp³-hybridized carbons (Fsp3) is 0.250. The first kappa shape index (κ1) is 17.8. The van der Waals surface area contributed by atoms with Crippen molar-refractivity contribution in [1.82, 2.24) is 4.90 Å². The van der Waals surface area contributed by atoms with E-state index in [0.29, 0.717) is 41.5 Å². The number of amides is 3. The summed E-state index contributed by atoms with van der Waals surface area (Å²) in [6.07, 6.45) is 0. The van der Waals surface area contributed by atoms with Gasteiger partial charge in [-0.3, -0.25) is 14.5 Å². The van der Waals surface area contributed by atoms with Gasteiger partial charge >= 0.3 is 6.03 Å². The second-order valence-electron chi connectivity index (χ2n) is 6.58. The fourth-order valence-corrected chi connectivity index (χ4v) is 3.21. The minimum atomic E-state index is -0.318. The van der Waals surface area contributed by atoms with Gasteiger partial charge in [0.15, 0.2) is 17.3 Å². The Morgan fingerprint density at radius 3 is 2.71 bits per heavy atom. The Morgan fingerprint density at radius 2 is 1.89 bits per heavy atom. The predicted molar refractivity (Wildman–Crippen MR) is 102 cm³/mol. The van der Waals surface area contributed by atoms with Gasteiger partial charge in [-0.1, -0.05) is 12.1 Å². The van der Waals surface area contributed by atoms with Gasteiger partial charge in [-0.15, -0.1) is 0 Å². The van der Waals surface area contributed by atoms with Crippen molar-refractivity contribution < 1.29 is 23.9 Å². The van der Waals surface area contributed by atoms with Crippen LogP contribution in [-0.2, 0) is 4.79 Å². The number of hydrogen-bond acceptors (Lipinski definition) is 5. The predicted octanol–water partition coefficient (Wildman–Crippen LogP) is 2.50. The average molecular weight is 381 g/mol. The number of ketones is 1. The molecule has 1 fully saturated rings. The van der Waals surface area contributed by atoms with Crippen LogP contribution < -0.4 is 19.7 Å². The molecule has 8 heteroatoms. The minimum absolute atomic E-state index is 0.0653. The number of rotatable bonds is 5. The second kappa shape index (κ2) is 7.22. The molecule has 8 nitrogen and oxygen atoms in total. The smallest absolute Gasteiger partial charge is 0.325 e. The quantitative estimate of drug-likeness (QED) is 0.804. The van der Waals surface area contributed by atoms with Crippen molar-refractivity contribution >= 4 is 29.1 Å². The first-order valence-electron chi connectivity index (χ1n) is 8.88. The van der Waals surface area contributed by atoms with Crippen LogP contribution in [0.4, 0.5) is 16.2 Å². The van der Waals surface area contributed by atoms with Crippen molar-refractivity contribution in [2.45, 2.75) is 6.92 Å². The zero-order valence-corrected chi connectivity index (χ0v) is 15.3. The Balaban J connectivity index is 1.39. The van der Waals surface area contributed by atoms with Crippen molar-refractivity contribution in [3.63, 3.8) is 0 Å². The van der Waals surface area contributed by atoms with Gasteiger partial charge in [-0.25, -0.2) is 4.79 Å². The molecule has 0 aliphatic carbocycles. The summed E-state index contributed by atoms with van der Waals surface area (Å²) in [7, 11) is 0. The summed E-state index contributed by atoms with van der Waals surface area (Å²) < 4.78 is 10.6. The summed E-state index contributed by atoms with van der Waals surface area (Å²) in [5, 5.41) is 2.73. The summed E-state index contributed by atoms with van der Waals surface area (Å²) in [6.45, 7) is 2.49. The van der Waals surface area contributed by atoms with E-state index in [-0.39, 0.29) is 31.1 Å². The molecule has 0 bridgehead atoms. The van der Waals surface area contributed by atoms with Gasteiger partial charge in [0.2, 0.25) is 12.7 Å². The molecule has 2 aliphatic rings. The van der Waals surface area contributed by atoms with Crippen LogP contribution in [0.5, 0.6) is 11.5 Å². The molecule has 144 valence electrons. The van der Waals surface area contributed by atoms with Gasteiger partial charge in [-0.2, -0.15) is 0 Å². The lowest BCUT2D eigenvalue weighted by Gasteiger charge is -2.18. The highest BCUT2D eigenvalue weighted by atomic mass is 16.7. The maximum atomic E-state index is 12.7. The lowest BCUT2D eigenvalue weighted by Crippen LogP contribution is -2.37. The third-order valence-corrected chi connectivity index (χ3v) is 4.65. The van der Waals surface area contributed by atoms with Crippen LogP contribution in [0.15, 0.2) is 42.5 Å². The molecule has 4 rings (SSSR count). The first-order chi connectivity index (χ1) is 13.5. The number of hydrogen-bond donors (Lipinski definition) is 1. The molecule has 2 aromatic rings. The highest BCUT2D eigenvalue weighted by molar-refractivity contribution is 6.00. The van der Waals surface area contributed by atoms with Crippen molar-refractivity contribution in [1.29, 1.82) is 0 Å². The number of carbonyl (C=O) groups excluding carboxylic acids is 3. The Kier molecular flexibility index (Phi) is 4.60. The number of carbonyl (C=O) groups is 3. The van der Waals surface area contributed by atoms with Crippen LogP contribution in [0.2, 0.25) is 0 Å². The van der Waals surface area contributed by atoms with E-state index >= 15 is 0 Å². The summed E-state index contributed by atoms with van der Waals surface area (Å²) in [4.78, 5) is 39.6. The molecule has 0 unspecified atom stereocenters. The Hall–Kier alpha value is -3.55. The molecule has 3 amide bonds. The van der Waals surface area contributed by atoms with E-state index in [0.717, 1.165) is 0 Å². The van der Waals surface area contributed by atoms with Gasteiger partial charge in [0.1, 0.15) is 6.54 Å². The Bertz CT molecular complexity index is 959. The van der Waals surface area contributed by atoms with E-state index in [1.807, 2.05) is 0 Å². The maximum Gasteiger partial charge on any atom is 0.325 e. The van der Waals surface area contributed by atoms with Crippen molar-refractivity contribution in [2.75, 3.05) is 36.6 Å². The molecule has 0 spiro atoms. The van der Waals surface area contributed by atoms with Gasteiger partial charge < -0.3 is 19.7 Å². The van der Waals surface area contributed by atoms with E-state index in [4.69, 9.17) is 9.47 Å². The van der Waals surface area contributed by atoms with Crippen LogP contribution in [0.25, 0.3) is 0 Å². The number of fused-ring (bicyclic) bond motifs is 1. The maximum absolute atomic E-state index is 12.7. The highest BCUT2D eigenvalue weighted by Gasteiger charge is 2.31. The number of anilines is 2. The number of urea groups is 1. The third kappa shape index (κ3) is 3.48. The number of nitrogens with zero attached hydrogens (tertiary/aromatic N) is 2. The molecular weight excluding hydrogens is 362 g/mol. The molecule has 0 atom stereocenters. The lowest BCUT2D eigenvalue weighted by atomic mass is 10.1. The van der Waals surface area contributed by atoms with E-state index in [1.54, 1.807) is 47.4 Å². The zero-order valence-electron chi connectivity index (χ0n) is 15.3. The SMILES string of the molecule is CC(=O)c1cccc(NC(=O)CN2CCN(c3ccc4c(c3)OCO4)C2=O)c1. The highest BCUT2D eigenvalue weighted by Crippen LogP contribution is 2.36. The number of Topliss-reactive ketones (excluding diaryl/α,β-unsaturated/α-hetero) is 1. The van der Waals surface area contributed by atoms with Crippen LogP contribution in [0, 0.1) is 0 Å². The third-order valence-electron chi connectivity index (χ3n) is 4.65. The molecule has 2 heterocycles. The van der Waals surface area contributed by atoms with Crippen LogP contribution in [-0.4, -0.2) is 49.0 Å². The molecular formula is C20H19N3O5.